The van der Waals surface area contributed by atoms with Gasteiger partial charge in [-0.05, 0) is 11.8 Å². The van der Waals surface area contributed by atoms with Crippen molar-refractivity contribution in [3.63, 3.8) is 0 Å². The van der Waals surface area contributed by atoms with Crippen LogP contribution in [-0.2, 0) is 19.0 Å². The van der Waals surface area contributed by atoms with Crippen molar-refractivity contribution >= 4 is 21.9 Å². The number of carbonyl (C=O) groups is 1. The van der Waals surface area contributed by atoms with Gasteiger partial charge in [-0.15, -0.1) is 0 Å². The second-order valence-electron chi connectivity index (χ2n) is 2.74. The highest BCUT2D eigenvalue weighted by Crippen LogP contribution is 1.80. The summed E-state index contributed by atoms with van der Waals surface area (Å²) in [4.78, 5) is 10.4. The maximum Gasteiger partial charge on any atom is 0.302 e. The third kappa shape index (κ3) is 15.0. The lowest BCUT2D eigenvalue weighted by Gasteiger charge is -1.99. The van der Waals surface area contributed by atoms with Crippen LogP contribution in [0.1, 0.15) is 6.92 Å². The predicted octanol–water partition coefficient (Wildman–Crippen LogP) is 0.984. The minimum absolute atomic E-state index is 0.253. The van der Waals surface area contributed by atoms with Gasteiger partial charge in [0.2, 0.25) is 0 Å². The molecule has 94 valence electrons. The fourth-order valence-corrected chi connectivity index (χ4v) is 0.935. The van der Waals surface area contributed by atoms with Gasteiger partial charge in [0.05, 0.1) is 13.2 Å². The molecule has 0 aliphatic carbocycles. The summed E-state index contributed by atoms with van der Waals surface area (Å²) in [6.45, 7) is 3.25. The summed E-state index contributed by atoms with van der Waals surface area (Å²) in [6.07, 6.45) is 0. The average Bonchev–Trinajstić information content (AvgIpc) is 2.30. The number of rotatable bonds is 7. The van der Waals surface area contributed by atoms with Crippen molar-refractivity contribution in [2.45, 2.75) is 6.92 Å². The lowest BCUT2D eigenvalue weighted by atomic mass is 10.5. The van der Waals surface area contributed by atoms with Crippen LogP contribution in [0.25, 0.3) is 0 Å². The average molecular weight is 303 g/mol. The van der Waals surface area contributed by atoms with Crippen molar-refractivity contribution in [3.05, 3.63) is 0 Å². The first-order valence-corrected chi connectivity index (χ1v) is 6.20. The maximum absolute atomic E-state index is 10.4. The van der Waals surface area contributed by atoms with Gasteiger partial charge >= 0.3 is 5.97 Å². The van der Waals surface area contributed by atoms with Gasteiger partial charge in [-0.1, -0.05) is 27.8 Å². The molecule has 0 aliphatic rings. The van der Waals surface area contributed by atoms with Crippen LogP contribution in [-0.4, -0.2) is 44.3 Å². The molecule has 0 N–H and O–H groups in total. The second-order valence-corrected chi connectivity index (χ2v) is 3.53. The first kappa shape index (κ1) is 16.0. The third-order valence-electron chi connectivity index (χ3n) is 1.34. The Morgan fingerprint density at radius 3 is 2.18 bits per heavy atom. The molecule has 0 heterocycles. The van der Waals surface area contributed by atoms with Crippen LogP contribution in [0.15, 0.2) is 0 Å². The van der Waals surface area contributed by atoms with Crippen molar-refractivity contribution in [2.24, 2.45) is 0 Å². The topological polar surface area (TPSA) is 44.8 Å². The van der Waals surface area contributed by atoms with E-state index in [1.54, 1.807) is 0 Å². The first-order chi connectivity index (χ1) is 8.27. The monoisotopic (exact) mass is 302 g/mol. The van der Waals surface area contributed by atoms with Crippen LogP contribution in [0.5, 0.6) is 0 Å². The van der Waals surface area contributed by atoms with Gasteiger partial charge in [0.25, 0.3) is 0 Å². The summed E-state index contributed by atoms with van der Waals surface area (Å²) in [7, 11) is 0. The summed E-state index contributed by atoms with van der Waals surface area (Å²) in [5.74, 6) is 10.4. The van der Waals surface area contributed by atoms with Crippen LogP contribution in [0.4, 0.5) is 0 Å². The number of hydrogen-bond donors (Lipinski definition) is 0. The summed E-state index contributed by atoms with van der Waals surface area (Å²) in [5, 5.41) is 0.802. The molecule has 5 heteroatoms. The Bertz CT molecular complexity index is 319. The lowest BCUT2D eigenvalue weighted by molar-refractivity contribution is -0.142. The van der Waals surface area contributed by atoms with Crippen LogP contribution >= 0.6 is 15.9 Å². The van der Waals surface area contributed by atoms with Crippen molar-refractivity contribution in [1.82, 2.24) is 0 Å². The van der Waals surface area contributed by atoms with Gasteiger partial charge in [-0.2, -0.15) is 0 Å². The summed E-state index contributed by atoms with van der Waals surface area (Å²) in [6, 6.07) is 0. The quantitative estimate of drug-likeness (QED) is 0.304. The molecule has 17 heavy (non-hydrogen) atoms. The van der Waals surface area contributed by atoms with E-state index in [4.69, 9.17) is 9.47 Å². The molecule has 0 spiro atoms. The Balaban J connectivity index is 3.33. The Hall–Kier alpha value is -1.01. The van der Waals surface area contributed by atoms with E-state index in [1.165, 1.54) is 6.92 Å². The Morgan fingerprint density at radius 1 is 1.06 bits per heavy atom. The van der Waals surface area contributed by atoms with Crippen LogP contribution in [0.2, 0.25) is 0 Å². The Labute approximate surface area is 110 Å². The molecule has 0 saturated heterocycles. The maximum atomic E-state index is 10.4. The highest BCUT2D eigenvalue weighted by molar-refractivity contribution is 9.09. The molecule has 0 aromatic carbocycles. The number of hydrogen-bond acceptors (Lipinski definition) is 4. The molecule has 0 radical (unpaired) electrons. The normalized spacial score (nSPS) is 8.59. The van der Waals surface area contributed by atoms with Crippen molar-refractivity contribution in [3.8, 4) is 23.7 Å². The van der Waals surface area contributed by atoms with Crippen molar-refractivity contribution < 1.29 is 19.0 Å². The zero-order valence-corrected chi connectivity index (χ0v) is 11.3. The van der Waals surface area contributed by atoms with Gasteiger partial charge in [-0.3, -0.25) is 4.79 Å². The van der Waals surface area contributed by atoms with Crippen LogP contribution in [0, 0.1) is 23.7 Å². The molecule has 0 bridgehead atoms. The standard InChI is InChI=1S/C12H15BrO4/c1-12(14)17-11-10-16-8-5-3-2-4-7-15-9-6-13/h6-11H2,1H3. The highest BCUT2D eigenvalue weighted by Gasteiger charge is 1.90. The van der Waals surface area contributed by atoms with Gasteiger partial charge in [0.1, 0.15) is 19.8 Å². The van der Waals surface area contributed by atoms with E-state index in [9.17, 15) is 4.79 Å². The fraction of sp³-hybridized carbons (Fsp3) is 0.583. The van der Waals surface area contributed by atoms with Crippen LogP contribution < -0.4 is 0 Å². The summed E-state index contributed by atoms with van der Waals surface area (Å²) < 4.78 is 14.8. The zero-order chi connectivity index (χ0) is 12.8. The molecule has 0 unspecified atom stereocenters. The number of halogens is 1. The largest absolute Gasteiger partial charge is 0.463 e. The van der Waals surface area contributed by atoms with Crippen molar-refractivity contribution in [2.75, 3.05) is 38.4 Å². The van der Waals surface area contributed by atoms with E-state index in [0.29, 0.717) is 19.8 Å². The van der Waals surface area contributed by atoms with Crippen LogP contribution in [0.3, 0.4) is 0 Å². The van der Waals surface area contributed by atoms with E-state index in [0.717, 1.165) is 5.33 Å². The van der Waals surface area contributed by atoms with E-state index in [-0.39, 0.29) is 19.2 Å². The van der Waals surface area contributed by atoms with Gasteiger partial charge in [-0.25, -0.2) is 0 Å². The van der Waals surface area contributed by atoms with Gasteiger partial charge in [0, 0.05) is 12.3 Å². The van der Waals surface area contributed by atoms with E-state index < -0.39 is 0 Å². The number of alkyl halides is 1. The molecule has 0 aliphatic heterocycles. The molecule has 0 saturated carbocycles. The fourth-order valence-electron chi connectivity index (χ4n) is 0.706. The number of ether oxygens (including phenoxy) is 3. The minimum atomic E-state index is -0.311. The highest BCUT2D eigenvalue weighted by atomic mass is 79.9. The molecule has 0 aromatic rings. The predicted molar refractivity (Wildman–Crippen MR) is 67.6 cm³/mol. The molecule has 4 nitrogen and oxygen atoms in total. The summed E-state index contributed by atoms with van der Waals surface area (Å²) in [5.41, 5.74) is 0. The number of esters is 1. The summed E-state index contributed by atoms with van der Waals surface area (Å²) >= 11 is 3.23. The SMILES string of the molecule is CC(=O)OCCOCC#CC#CCOCCBr. The van der Waals surface area contributed by atoms with Gasteiger partial charge in [0.15, 0.2) is 0 Å². The molecular weight excluding hydrogens is 288 g/mol. The lowest BCUT2D eigenvalue weighted by Crippen LogP contribution is -2.07. The Morgan fingerprint density at radius 2 is 1.65 bits per heavy atom. The molecule has 0 amide bonds. The third-order valence-corrected chi connectivity index (χ3v) is 1.67. The molecule has 0 atom stereocenters. The zero-order valence-electron chi connectivity index (χ0n) is 9.75. The molecule has 0 aromatic heterocycles. The molecule has 0 rings (SSSR count). The first-order valence-electron chi connectivity index (χ1n) is 5.08. The van der Waals surface area contributed by atoms with Gasteiger partial charge < -0.3 is 14.2 Å². The molecular formula is C12H15BrO4. The number of carbonyl (C=O) groups excluding carboxylic acids is 1. The van der Waals surface area contributed by atoms with E-state index in [1.807, 2.05) is 0 Å². The van der Waals surface area contributed by atoms with Crippen molar-refractivity contribution in [1.29, 1.82) is 0 Å². The van der Waals surface area contributed by atoms with E-state index >= 15 is 0 Å². The smallest absolute Gasteiger partial charge is 0.302 e. The molecule has 0 fully saturated rings. The Kier molecular flexibility index (Phi) is 12.3. The van der Waals surface area contributed by atoms with E-state index in [2.05, 4.69) is 44.3 Å². The minimum Gasteiger partial charge on any atom is -0.463 e. The second kappa shape index (κ2) is 13.1.